The van der Waals surface area contributed by atoms with Gasteiger partial charge in [-0.1, -0.05) is 45.0 Å². The van der Waals surface area contributed by atoms with Crippen LogP contribution in [0.3, 0.4) is 0 Å². The summed E-state index contributed by atoms with van der Waals surface area (Å²) in [5.41, 5.74) is 3.11. The van der Waals surface area contributed by atoms with Gasteiger partial charge in [0, 0.05) is 25.0 Å². The molecule has 0 aromatic heterocycles. The average molecular weight is 276 g/mol. The number of rotatable bonds is 8. The van der Waals surface area contributed by atoms with E-state index in [1.807, 2.05) is 0 Å². The van der Waals surface area contributed by atoms with E-state index >= 15 is 0 Å². The highest BCUT2D eigenvalue weighted by atomic mass is 16.5. The Bertz CT molecular complexity index is 394. The molecule has 3 heteroatoms. The van der Waals surface area contributed by atoms with Crippen LogP contribution in [-0.4, -0.2) is 37.7 Å². The van der Waals surface area contributed by atoms with E-state index in [9.17, 15) is 0 Å². The van der Waals surface area contributed by atoms with Crippen LogP contribution in [0.25, 0.3) is 0 Å². The molecule has 1 fully saturated rings. The molecule has 1 aromatic rings. The largest absolute Gasteiger partial charge is 0.380 e. The van der Waals surface area contributed by atoms with Crippen molar-refractivity contribution in [2.75, 3.05) is 32.8 Å². The van der Waals surface area contributed by atoms with Gasteiger partial charge in [-0.3, -0.25) is 4.90 Å². The summed E-state index contributed by atoms with van der Waals surface area (Å²) in [7, 11) is 0. The van der Waals surface area contributed by atoms with Crippen LogP contribution in [0.1, 0.15) is 31.9 Å². The highest BCUT2D eigenvalue weighted by Crippen LogP contribution is 2.25. The highest BCUT2D eigenvalue weighted by molar-refractivity contribution is 5.22. The molecule has 112 valence electrons. The van der Waals surface area contributed by atoms with Crippen LogP contribution in [0.15, 0.2) is 24.3 Å². The molecule has 0 atom stereocenters. The molecule has 2 rings (SSSR count). The molecule has 0 radical (unpaired) electrons. The molecule has 1 heterocycles. The Hall–Kier alpha value is -0.900. The van der Waals surface area contributed by atoms with Crippen LogP contribution < -0.4 is 5.32 Å². The monoisotopic (exact) mass is 276 g/mol. The van der Waals surface area contributed by atoms with E-state index in [4.69, 9.17) is 4.74 Å². The Kier molecular flexibility index (Phi) is 5.58. The van der Waals surface area contributed by atoms with Crippen molar-refractivity contribution >= 4 is 0 Å². The van der Waals surface area contributed by atoms with Gasteiger partial charge in [-0.25, -0.2) is 0 Å². The molecule has 0 aliphatic carbocycles. The summed E-state index contributed by atoms with van der Waals surface area (Å²) >= 11 is 0. The number of benzene rings is 1. The van der Waals surface area contributed by atoms with Crippen molar-refractivity contribution in [2.24, 2.45) is 5.41 Å². The zero-order chi connectivity index (χ0) is 14.4. The minimum Gasteiger partial charge on any atom is -0.380 e. The molecule has 1 aliphatic heterocycles. The molecule has 20 heavy (non-hydrogen) atoms. The topological polar surface area (TPSA) is 24.5 Å². The lowest BCUT2D eigenvalue weighted by molar-refractivity contribution is -0.0991. The fourth-order valence-corrected chi connectivity index (χ4v) is 2.53. The average Bonchev–Trinajstić information content (AvgIpc) is 2.44. The number of nitrogens with one attached hydrogen (secondary N) is 1. The lowest BCUT2D eigenvalue weighted by Gasteiger charge is -2.38. The fourth-order valence-electron chi connectivity index (χ4n) is 2.53. The quantitative estimate of drug-likeness (QED) is 0.790. The summed E-state index contributed by atoms with van der Waals surface area (Å²) in [5.74, 6) is 0. The van der Waals surface area contributed by atoms with Crippen LogP contribution >= 0.6 is 0 Å². The van der Waals surface area contributed by atoms with Crippen molar-refractivity contribution in [3.8, 4) is 0 Å². The van der Waals surface area contributed by atoms with Crippen molar-refractivity contribution in [1.82, 2.24) is 10.2 Å². The zero-order valence-electron chi connectivity index (χ0n) is 13.1. The standard InChI is InChI=1S/C17H28N2O/c1-4-19(5-2)11-16-8-6-15(7-9-16)10-18-12-17(3)13-20-14-17/h6-9,18H,4-5,10-14H2,1-3H3. The molecule has 0 saturated carbocycles. The van der Waals surface area contributed by atoms with Gasteiger partial charge in [0.1, 0.15) is 0 Å². The van der Waals surface area contributed by atoms with Gasteiger partial charge in [-0.2, -0.15) is 0 Å². The predicted molar refractivity (Wildman–Crippen MR) is 83.7 cm³/mol. The number of hydrogen-bond donors (Lipinski definition) is 1. The first-order chi connectivity index (χ1) is 9.65. The van der Waals surface area contributed by atoms with E-state index in [0.717, 1.165) is 45.9 Å². The minimum absolute atomic E-state index is 0.350. The van der Waals surface area contributed by atoms with E-state index < -0.39 is 0 Å². The van der Waals surface area contributed by atoms with Gasteiger partial charge in [-0.05, 0) is 24.2 Å². The molecule has 0 spiro atoms. The summed E-state index contributed by atoms with van der Waals surface area (Å²) in [5, 5.41) is 3.54. The molecule has 0 unspecified atom stereocenters. The van der Waals surface area contributed by atoms with Crippen molar-refractivity contribution in [3.63, 3.8) is 0 Å². The van der Waals surface area contributed by atoms with Gasteiger partial charge < -0.3 is 10.1 Å². The number of hydrogen-bond acceptors (Lipinski definition) is 3. The lowest BCUT2D eigenvalue weighted by atomic mass is 9.89. The van der Waals surface area contributed by atoms with Crippen molar-refractivity contribution in [3.05, 3.63) is 35.4 Å². The first-order valence-electron chi connectivity index (χ1n) is 7.74. The van der Waals surface area contributed by atoms with E-state index in [0.29, 0.717) is 5.41 Å². The van der Waals surface area contributed by atoms with E-state index in [1.165, 1.54) is 11.1 Å². The summed E-state index contributed by atoms with van der Waals surface area (Å²) in [6.45, 7) is 13.7. The fraction of sp³-hybridized carbons (Fsp3) is 0.647. The van der Waals surface area contributed by atoms with Gasteiger partial charge in [0.25, 0.3) is 0 Å². The Morgan fingerprint density at radius 3 is 2.20 bits per heavy atom. The number of ether oxygens (including phenoxy) is 1. The zero-order valence-corrected chi connectivity index (χ0v) is 13.1. The van der Waals surface area contributed by atoms with Crippen LogP contribution in [0, 0.1) is 5.41 Å². The van der Waals surface area contributed by atoms with Crippen LogP contribution in [0.2, 0.25) is 0 Å². The van der Waals surface area contributed by atoms with Crippen molar-refractivity contribution < 1.29 is 4.74 Å². The molecule has 3 nitrogen and oxygen atoms in total. The summed E-state index contributed by atoms with van der Waals surface area (Å²) in [6, 6.07) is 8.99. The van der Waals surface area contributed by atoms with Gasteiger partial charge in [0.2, 0.25) is 0 Å². The van der Waals surface area contributed by atoms with Gasteiger partial charge >= 0.3 is 0 Å². The molecule has 0 amide bonds. The molecule has 1 saturated heterocycles. The maximum absolute atomic E-state index is 5.27. The Morgan fingerprint density at radius 1 is 1.10 bits per heavy atom. The Balaban J connectivity index is 1.76. The van der Waals surface area contributed by atoms with Gasteiger partial charge in [0.15, 0.2) is 0 Å². The number of nitrogens with zero attached hydrogens (tertiary/aromatic N) is 1. The predicted octanol–water partition coefficient (Wildman–Crippen LogP) is 2.65. The smallest absolute Gasteiger partial charge is 0.0554 e. The third kappa shape index (κ3) is 4.30. The van der Waals surface area contributed by atoms with E-state index in [2.05, 4.69) is 55.3 Å². The third-order valence-corrected chi connectivity index (χ3v) is 4.11. The molecular formula is C17H28N2O. The van der Waals surface area contributed by atoms with Gasteiger partial charge in [-0.15, -0.1) is 0 Å². The summed E-state index contributed by atoms with van der Waals surface area (Å²) < 4.78 is 5.27. The summed E-state index contributed by atoms with van der Waals surface area (Å²) in [6.07, 6.45) is 0. The van der Waals surface area contributed by atoms with Crippen LogP contribution in [0.4, 0.5) is 0 Å². The maximum Gasteiger partial charge on any atom is 0.0554 e. The SMILES string of the molecule is CCN(CC)Cc1ccc(CNCC2(C)COC2)cc1. The van der Waals surface area contributed by atoms with Crippen molar-refractivity contribution in [2.45, 2.75) is 33.9 Å². The second-order valence-corrected chi connectivity index (χ2v) is 6.18. The van der Waals surface area contributed by atoms with Gasteiger partial charge in [0.05, 0.1) is 13.2 Å². The Labute approximate surface area is 123 Å². The molecular weight excluding hydrogens is 248 g/mol. The maximum atomic E-state index is 5.27. The van der Waals surface area contributed by atoms with E-state index in [1.54, 1.807) is 0 Å². The Morgan fingerprint density at radius 2 is 1.70 bits per heavy atom. The molecule has 1 N–H and O–H groups in total. The normalized spacial score (nSPS) is 17.2. The second-order valence-electron chi connectivity index (χ2n) is 6.18. The first kappa shape index (κ1) is 15.5. The third-order valence-electron chi connectivity index (χ3n) is 4.11. The summed E-state index contributed by atoms with van der Waals surface area (Å²) in [4.78, 5) is 2.44. The van der Waals surface area contributed by atoms with Crippen LogP contribution in [0.5, 0.6) is 0 Å². The molecule has 1 aromatic carbocycles. The highest BCUT2D eigenvalue weighted by Gasteiger charge is 2.32. The minimum atomic E-state index is 0.350. The van der Waals surface area contributed by atoms with E-state index in [-0.39, 0.29) is 0 Å². The first-order valence-corrected chi connectivity index (χ1v) is 7.74. The molecule has 1 aliphatic rings. The van der Waals surface area contributed by atoms with Crippen LogP contribution in [-0.2, 0) is 17.8 Å². The molecule has 0 bridgehead atoms. The van der Waals surface area contributed by atoms with Crippen molar-refractivity contribution in [1.29, 1.82) is 0 Å². The lowest BCUT2D eigenvalue weighted by Crippen LogP contribution is -2.47. The second kappa shape index (κ2) is 7.21.